The number of halogens is 3. The molecule has 0 heterocycles. The Kier molecular flexibility index (Phi) is 4.77. The van der Waals surface area contributed by atoms with Gasteiger partial charge in [-0.05, 0) is 61.7 Å². The fraction of sp³-hybridized carbons (Fsp3) is 0.0714. The molecule has 1 N–H and O–H groups in total. The molecule has 2 rings (SSSR count). The van der Waals surface area contributed by atoms with Crippen molar-refractivity contribution in [3.63, 3.8) is 0 Å². The molecule has 0 bridgehead atoms. The Morgan fingerprint density at radius 1 is 1.20 bits per heavy atom. The summed E-state index contributed by atoms with van der Waals surface area (Å²) in [5, 5.41) is 8.94. The average Bonchev–Trinajstić information content (AvgIpc) is 2.37. The van der Waals surface area contributed by atoms with E-state index in [1.807, 2.05) is 0 Å². The average molecular weight is 404 g/mol. The number of hydrogen-bond acceptors (Lipinski definition) is 2. The molecule has 0 aromatic heterocycles. The highest BCUT2D eigenvalue weighted by molar-refractivity contribution is 9.11. The summed E-state index contributed by atoms with van der Waals surface area (Å²) >= 11 is 6.52. The second-order valence-electron chi connectivity index (χ2n) is 3.99. The number of rotatable bonds is 4. The van der Waals surface area contributed by atoms with Crippen molar-refractivity contribution in [3.05, 3.63) is 62.3 Å². The van der Waals surface area contributed by atoms with Crippen molar-refractivity contribution < 1.29 is 19.0 Å². The van der Waals surface area contributed by atoms with Gasteiger partial charge in [-0.1, -0.05) is 12.1 Å². The smallest absolute Gasteiger partial charge is 0.335 e. The first-order valence-electron chi connectivity index (χ1n) is 5.57. The van der Waals surface area contributed by atoms with Crippen molar-refractivity contribution in [2.24, 2.45) is 0 Å². The third kappa shape index (κ3) is 3.58. The highest BCUT2D eigenvalue weighted by Gasteiger charge is 2.13. The third-order valence-corrected chi connectivity index (χ3v) is 3.70. The van der Waals surface area contributed by atoms with Gasteiger partial charge in [-0.3, -0.25) is 0 Å². The molecular weight excluding hydrogens is 395 g/mol. The maximum Gasteiger partial charge on any atom is 0.335 e. The second-order valence-corrected chi connectivity index (χ2v) is 5.70. The number of carboxylic acid groups (broad SMARTS) is 1. The fourth-order valence-corrected chi connectivity index (χ4v) is 3.02. The molecule has 0 saturated heterocycles. The van der Waals surface area contributed by atoms with Crippen LogP contribution < -0.4 is 4.74 Å². The van der Waals surface area contributed by atoms with Gasteiger partial charge in [0.1, 0.15) is 18.2 Å². The Labute approximate surface area is 131 Å². The molecule has 0 aliphatic carbocycles. The van der Waals surface area contributed by atoms with Crippen LogP contribution in [0.4, 0.5) is 4.39 Å². The molecule has 0 aliphatic heterocycles. The van der Waals surface area contributed by atoms with Crippen LogP contribution in [0.25, 0.3) is 0 Å². The van der Waals surface area contributed by atoms with Crippen LogP contribution in [0.2, 0.25) is 0 Å². The van der Waals surface area contributed by atoms with Crippen LogP contribution >= 0.6 is 31.9 Å². The number of aromatic carboxylic acids is 1. The molecule has 6 heteroatoms. The van der Waals surface area contributed by atoms with E-state index in [-0.39, 0.29) is 18.0 Å². The van der Waals surface area contributed by atoms with E-state index in [2.05, 4.69) is 31.9 Å². The largest absolute Gasteiger partial charge is 0.487 e. The highest BCUT2D eigenvalue weighted by Crippen LogP contribution is 2.35. The summed E-state index contributed by atoms with van der Waals surface area (Å²) in [7, 11) is 0. The van der Waals surface area contributed by atoms with Crippen molar-refractivity contribution >= 4 is 37.8 Å². The molecule has 0 unspecified atom stereocenters. The van der Waals surface area contributed by atoms with E-state index in [9.17, 15) is 9.18 Å². The summed E-state index contributed by atoms with van der Waals surface area (Å²) in [6.45, 7) is 0.182. The summed E-state index contributed by atoms with van der Waals surface area (Å²) in [6.07, 6.45) is 0. The molecule has 0 saturated carbocycles. The van der Waals surface area contributed by atoms with Crippen molar-refractivity contribution in [3.8, 4) is 5.75 Å². The number of ether oxygens (including phenoxy) is 1. The van der Waals surface area contributed by atoms with Gasteiger partial charge in [-0.2, -0.15) is 0 Å². The first-order valence-corrected chi connectivity index (χ1v) is 7.15. The van der Waals surface area contributed by atoms with Crippen molar-refractivity contribution in [1.29, 1.82) is 0 Å². The maximum atomic E-state index is 13.1. The van der Waals surface area contributed by atoms with Crippen molar-refractivity contribution in [2.75, 3.05) is 0 Å². The van der Waals surface area contributed by atoms with Crippen LogP contribution in [0.15, 0.2) is 45.3 Å². The van der Waals surface area contributed by atoms with Gasteiger partial charge in [0.15, 0.2) is 0 Å². The summed E-state index contributed by atoms with van der Waals surface area (Å²) in [4.78, 5) is 10.9. The number of benzene rings is 2. The van der Waals surface area contributed by atoms with E-state index < -0.39 is 5.97 Å². The van der Waals surface area contributed by atoms with Crippen LogP contribution in [0, 0.1) is 5.82 Å². The molecule has 0 radical (unpaired) electrons. The van der Waals surface area contributed by atoms with Gasteiger partial charge in [0, 0.05) is 0 Å². The number of carboxylic acids is 1. The van der Waals surface area contributed by atoms with Crippen LogP contribution in [-0.4, -0.2) is 11.1 Å². The van der Waals surface area contributed by atoms with Gasteiger partial charge in [0.2, 0.25) is 0 Å². The molecule has 0 spiro atoms. The lowest BCUT2D eigenvalue weighted by Crippen LogP contribution is -2.00. The predicted molar refractivity (Wildman–Crippen MR) is 79.5 cm³/mol. The lowest BCUT2D eigenvalue weighted by atomic mass is 10.2. The molecular formula is C14H9Br2FO3. The molecule has 2 aromatic rings. The molecule has 20 heavy (non-hydrogen) atoms. The minimum atomic E-state index is -1.02. The van der Waals surface area contributed by atoms with Gasteiger partial charge in [0.25, 0.3) is 0 Å². The van der Waals surface area contributed by atoms with Gasteiger partial charge in [-0.25, -0.2) is 9.18 Å². The highest BCUT2D eigenvalue weighted by atomic mass is 79.9. The normalized spacial score (nSPS) is 10.3. The van der Waals surface area contributed by atoms with Crippen molar-refractivity contribution in [2.45, 2.75) is 6.61 Å². The zero-order valence-electron chi connectivity index (χ0n) is 10.1. The predicted octanol–water partition coefficient (Wildman–Crippen LogP) is 4.63. The van der Waals surface area contributed by atoms with E-state index in [0.29, 0.717) is 20.3 Å². The van der Waals surface area contributed by atoms with Gasteiger partial charge in [-0.15, -0.1) is 0 Å². The van der Waals surface area contributed by atoms with Crippen LogP contribution in [-0.2, 0) is 6.61 Å². The van der Waals surface area contributed by atoms with E-state index in [0.717, 1.165) is 0 Å². The van der Waals surface area contributed by atoms with Gasteiger partial charge >= 0.3 is 5.97 Å². The molecule has 2 aromatic carbocycles. The Morgan fingerprint density at radius 2 is 1.85 bits per heavy atom. The summed E-state index contributed by atoms with van der Waals surface area (Å²) < 4.78 is 19.7. The molecule has 0 amide bonds. The monoisotopic (exact) mass is 402 g/mol. The van der Waals surface area contributed by atoms with Crippen molar-refractivity contribution in [1.82, 2.24) is 0 Å². The Hall–Kier alpha value is -1.40. The molecule has 0 atom stereocenters. The van der Waals surface area contributed by atoms with Crippen LogP contribution in [0.5, 0.6) is 5.75 Å². The van der Waals surface area contributed by atoms with E-state index >= 15 is 0 Å². The van der Waals surface area contributed by atoms with Gasteiger partial charge in [0.05, 0.1) is 14.5 Å². The fourth-order valence-electron chi connectivity index (χ4n) is 1.60. The van der Waals surface area contributed by atoms with E-state index in [1.165, 1.54) is 24.3 Å². The molecule has 0 aliphatic rings. The summed E-state index contributed by atoms with van der Waals surface area (Å²) in [5.74, 6) is -0.882. The lowest BCUT2D eigenvalue weighted by Gasteiger charge is -2.11. The minimum Gasteiger partial charge on any atom is -0.487 e. The quantitative estimate of drug-likeness (QED) is 0.809. The minimum absolute atomic E-state index is 0.141. The van der Waals surface area contributed by atoms with Crippen LogP contribution in [0.1, 0.15) is 15.9 Å². The summed E-state index contributed by atoms with van der Waals surface area (Å²) in [6, 6.07) is 8.99. The second kappa shape index (κ2) is 6.37. The molecule has 3 nitrogen and oxygen atoms in total. The zero-order valence-corrected chi connectivity index (χ0v) is 13.2. The first kappa shape index (κ1) is 15.0. The zero-order chi connectivity index (χ0) is 14.7. The SMILES string of the molecule is O=C(O)c1cc(Br)c(OCc2cccc(F)c2)c(Br)c1. The third-order valence-electron chi connectivity index (χ3n) is 2.52. The first-order chi connectivity index (χ1) is 9.47. The van der Waals surface area contributed by atoms with E-state index in [1.54, 1.807) is 12.1 Å². The Morgan fingerprint density at radius 3 is 2.40 bits per heavy atom. The van der Waals surface area contributed by atoms with Gasteiger partial charge < -0.3 is 9.84 Å². The molecule has 104 valence electrons. The topological polar surface area (TPSA) is 46.5 Å². The molecule has 0 fully saturated rings. The number of hydrogen-bond donors (Lipinski definition) is 1. The standard InChI is InChI=1S/C14H9Br2FO3/c15-11-5-9(14(18)19)6-12(16)13(11)20-7-8-2-1-3-10(17)4-8/h1-6H,7H2,(H,18,19). The van der Waals surface area contributed by atoms with E-state index in [4.69, 9.17) is 9.84 Å². The Bertz CT molecular complexity index is 636. The summed E-state index contributed by atoms with van der Waals surface area (Å²) in [5.41, 5.74) is 0.827. The van der Waals surface area contributed by atoms with Crippen LogP contribution in [0.3, 0.4) is 0 Å². The Balaban J connectivity index is 2.20. The number of carbonyl (C=O) groups is 1. The maximum absolute atomic E-state index is 13.1. The lowest BCUT2D eigenvalue weighted by molar-refractivity contribution is 0.0696.